The molecule has 0 aromatic rings. The summed E-state index contributed by atoms with van der Waals surface area (Å²) in [6.07, 6.45) is 5.12. The van der Waals surface area contributed by atoms with Gasteiger partial charge in [0.05, 0.1) is 0 Å². The first-order valence-corrected chi connectivity index (χ1v) is 3.87. The normalized spacial score (nSPS) is 12.2. The number of hydrogen-bond acceptors (Lipinski definition) is 1. The van der Waals surface area contributed by atoms with Crippen LogP contribution in [0, 0.1) is 5.92 Å². The Labute approximate surface area is 63.1 Å². The summed E-state index contributed by atoms with van der Waals surface area (Å²) in [5, 5.41) is 0. The summed E-state index contributed by atoms with van der Waals surface area (Å²) in [5.74, 6) is 0.379. The lowest BCUT2D eigenvalue weighted by Crippen LogP contribution is -1.94. The predicted octanol–water partition coefficient (Wildman–Crippen LogP) is 2.57. The quantitative estimate of drug-likeness (QED) is 0.433. The summed E-state index contributed by atoms with van der Waals surface area (Å²) in [6, 6.07) is 0. The summed E-state index contributed by atoms with van der Waals surface area (Å²) in [6.45, 7) is 6.19. The van der Waals surface area contributed by atoms with Crippen LogP contribution in [0.2, 0.25) is 0 Å². The van der Waals surface area contributed by atoms with Gasteiger partial charge in [-0.3, -0.25) is 4.79 Å². The van der Waals surface area contributed by atoms with E-state index in [1.165, 1.54) is 0 Å². The number of rotatable bonds is 4. The van der Waals surface area contributed by atoms with Crippen LogP contribution in [0.1, 0.15) is 33.6 Å². The summed E-state index contributed by atoms with van der Waals surface area (Å²) >= 11 is 0. The van der Waals surface area contributed by atoms with E-state index in [4.69, 9.17) is 0 Å². The fourth-order valence-electron chi connectivity index (χ4n) is 0.731. The van der Waals surface area contributed by atoms with Crippen LogP contribution in [0.3, 0.4) is 0 Å². The highest BCUT2D eigenvalue weighted by molar-refractivity contribution is 5.73. The molecule has 58 valence electrons. The Morgan fingerprint density at radius 3 is 2.40 bits per heavy atom. The van der Waals surface area contributed by atoms with Gasteiger partial charge in [-0.05, 0) is 17.9 Å². The minimum Gasteiger partial charge on any atom is -0.298 e. The average molecular weight is 140 g/mol. The molecule has 0 aliphatic heterocycles. The van der Waals surface area contributed by atoms with Gasteiger partial charge in [-0.1, -0.05) is 33.3 Å². The second-order valence-electron chi connectivity index (χ2n) is 2.77. The van der Waals surface area contributed by atoms with Crippen LogP contribution in [0.25, 0.3) is 0 Å². The second-order valence-corrected chi connectivity index (χ2v) is 2.77. The first-order chi connectivity index (χ1) is 4.72. The maximum Gasteiger partial charge on any atom is 0.145 e. The molecule has 0 fully saturated rings. The van der Waals surface area contributed by atoms with E-state index in [-0.39, 0.29) is 0 Å². The van der Waals surface area contributed by atoms with Crippen LogP contribution in [0.4, 0.5) is 0 Å². The third kappa shape index (κ3) is 3.44. The third-order valence-corrected chi connectivity index (χ3v) is 1.47. The Balaban J connectivity index is 3.91. The molecule has 0 amide bonds. The lowest BCUT2D eigenvalue weighted by atomic mass is 10.0. The summed E-state index contributed by atoms with van der Waals surface area (Å²) in [4.78, 5) is 10.4. The summed E-state index contributed by atoms with van der Waals surface area (Å²) in [5.41, 5.74) is 0.932. The fraction of sp³-hybridized carbons (Fsp3) is 0.667. The van der Waals surface area contributed by atoms with Crippen molar-refractivity contribution in [3.8, 4) is 0 Å². The van der Waals surface area contributed by atoms with Crippen LogP contribution in [0.15, 0.2) is 11.6 Å². The van der Waals surface area contributed by atoms with Gasteiger partial charge in [0.2, 0.25) is 0 Å². The van der Waals surface area contributed by atoms with E-state index in [0.717, 1.165) is 24.7 Å². The lowest BCUT2D eigenvalue weighted by molar-refractivity contribution is -0.105. The van der Waals surface area contributed by atoms with Crippen molar-refractivity contribution < 1.29 is 4.79 Å². The lowest BCUT2D eigenvalue weighted by Gasteiger charge is -2.01. The molecular formula is C9H16O. The van der Waals surface area contributed by atoms with Crippen molar-refractivity contribution in [1.29, 1.82) is 0 Å². The van der Waals surface area contributed by atoms with Crippen molar-refractivity contribution in [3.63, 3.8) is 0 Å². The van der Waals surface area contributed by atoms with Crippen LogP contribution in [0.5, 0.6) is 0 Å². The first-order valence-electron chi connectivity index (χ1n) is 3.87. The molecule has 0 saturated carbocycles. The summed E-state index contributed by atoms with van der Waals surface area (Å²) in [7, 11) is 0. The zero-order valence-electron chi connectivity index (χ0n) is 7.05. The molecule has 0 bridgehead atoms. The minimum atomic E-state index is 0.379. The summed E-state index contributed by atoms with van der Waals surface area (Å²) < 4.78 is 0. The molecular weight excluding hydrogens is 124 g/mol. The van der Waals surface area contributed by atoms with Gasteiger partial charge in [-0.25, -0.2) is 0 Å². The Hall–Kier alpha value is -0.590. The largest absolute Gasteiger partial charge is 0.298 e. The molecule has 0 atom stereocenters. The van der Waals surface area contributed by atoms with E-state index in [2.05, 4.69) is 6.92 Å². The Morgan fingerprint density at radius 2 is 2.10 bits per heavy atom. The molecule has 10 heavy (non-hydrogen) atoms. The first kappa shape index (κ1) is 9.41. The number of carbonyl (C=O) groups is 1. The Bertz CT molecular complexity index is 123. The monoisotopic (exact) mass is 140 g/mol. The number of carbonyl (C=O) groups excluding carboxylic acids is 1. The highest BCUT2D eigenvalue weighted by Crippen LogP contribution is 2.07. The highest BCUT2D eigenvalue weighted by Gasteiger charge is 1.98. The molecule has 0 N–H and O–H groups in total. The van der Waals surface area contributed by atoms with Gasteiger partial charge in [-0.2, -0.15) is 0 Å². The predicted molar refractivity (Wildman–Crippen MR) is 43.9 cm³/mol. The minimum absolute atomic E-state index is 0.379. The molecule has 0 rings (SSSR count). The number of aldehydes is 1. The molecule has 0 saturated heterocycles. The van der Waals surface area contributed by atoms with Crippen LogP contribution in [-0.4, -0.2) is 6.29 Å². The van der Waals surface area contributed by atoms with E-state index in [1.807, 2.05) is 19.9 Å². The zero-order valence-corrected chi connectivity index (χ0v) is 7.05. The van der Waals surface area contributed by atoms with Crippen molar-refractivity contribution >= 4 is 6.29 Å². The van der Waals surface area contributed by atoms with Crippen LogP contribution < -0.4 is 0 Å². The Kier molecular flexibility index (Phi) is 4.91. The van der Waals surface area contributed by atoms with Gasteiger partial charge in [0, 0.05) is 0 Å². The SMILES string of the molecule is CCCC=C(C=O)C(C)C. The number of unbranched alkanes of at least 4 members (excludes halogenated alkanes) is 1. The van der Waals surface area contributed by atoms with Gasteiger partial charge in [-0.15, -0.1) is 0 Å². The maximum atomic E-state index is 10.4. The van der Waals surface area contributed by atoms with Gasteiger partial charge < -0.3 is 0 Å². The molecule has 0 aliphatic rings. The van der Waals surface area contributed by atoms with Gasteiger partial charge in [0.1, 0.15) is 6.29 Å². The molecule has 0 radical (unpaired) electrons. The van der Waals surface area contributed by atoms with E-state index in [1.54, 1.807) is 0 Å². The molecule has 1 heteroatoms. The van der Waals surface area contributed by atoms with Crippen molar-refractivity contribution in [2.24, 2.45) is 5.92 Å². The van der Waals surface area contributed by atoms with E-state index < -0.39 is 0 Å². The van der Waals surface area contributed by atoms with Crippen molar-refractivity contribution in [2.75, 3.05) is 0 Å². The number of allylic oxidation sites excluding steroid dienone is 2. The van der Waals surface area contributed by atoms with Gasteiger partial charge >= 0.3 is 0 Å². The Morgan fingerprint density at radius 1 is 1.50 bits per heavy atom. The number of hydrogen-bond donors (Lipinski definition) is 0. The molecule has 0 heterocycles. The molecule has 0 aromatic carbocycles. The fourth-order valence-corrected chi connectivity index (χ4v) is 0.731. The van der Waals surface area contributed by atoms with Crippen molar-refractivity contribution in [1.82, 2.24) is 0 Å². The smallest absolute Gasteiger partial charge is 0.145 e. The van der Waals surface area contributed by atoms with Gasteiger partial charge in [0.15, 0.2) is 0 Å². The average Bonchev–Trinajstić information content (AvgIpc) is 1.89. The van der Waals surface area contributed by atoms with Crippen molar-refractivity contribution in [2.45, 2.75) is 33.6 Å². The topological polar surface area (TPSA) is 17.1 Å². The van der Waals surface area contributed by atoms with Crippen molar-refractivity contribution in [3.05, 3.63) is 11.6 Å². The molecule has 1 nitrogen and oxygen atoms in total. The third-order valence-electron chi connectivity index (χ3n) is 1.47. The zero-order chi connectivity index (χ0) is 7.98. The molecule has 0 spiro atoms. The highest BCUT2D eigenvalue weighted by atomic mass is 16.1. The van der Waals surface area contributed by atoms with E-state index in [9.17, 15) is 4.79 Å². The second kappa shape index (κ2) is 5.21. The maximum absolute atomic E-state index is 10.4. The molecule has 0 aromatic heterocycles. The molecule has 0 unspecified atom stereocenters. The van der Waals surface area contributed by atoms with Crippen LogP contribution in [-0.2, 0) is 4.79 Å². The van der Waals surface area contributed by atoms with Gasteiger partial charge in [0.25, 0.3) is 0 Å². The standard InChI is InChI=1S/C9H16O/c1-4-5-6-9(7-10)8(2)3/h6-8H,4-5H2,1-3H3. The van der Waals surface area contributed by atoms with E-state index >= 15 is 0 Å². The van der Waals surface area contributed by atoms with Crippen LogP contribution >= 0.6 is 0 Å². The van der Waals surface area contributed by atoms with E-state index in [0.29, 0.717) is 5.92 Å². The molecule has 0 aliphatic carbocycles.